The number of aromatic carboxylic acids is 1. The highest BCUT2D eigenvalue weighted by Crippen LogP contribution is 2.31. The van der Waals surface area contributed by atoms with Crippen molar-refractivity contribution in [2.24, 2.45) is 5.41 Å². The van der Waals surface area contributed by atoms with Crippen LogP contribution in [-0.4, -0.2) is 37.2 Å². The van der Waals surface area contributed by atoms with E-state index in [1.807, 2.05) is 20.8 Å². The largest absolute Gasteiger partial charge is 0.477 e. The van der Waals surface area contributed by atoms with E-state index >= 15 is 0 Å². The van der Waals surface area contributed by atoms with Crippen LogP contribution in [0.4, 0.5) is 0 Å². The van der Waals surface area contributed by atoms with Gasteiger partial charge in [-0.15, -0.1) is 11.3 Å². The van der Waals surface area contributed by atoms with Gasteiger partial charge in [0.1, 0.15) is 9.77 Å². The van der Waals surface area contributed by atoms with Crippen LogP contribution in [0.15, 0.2) is 14.7 Å². The number of carboxylic acid groups (broad SMARTS) is 1. The molecule has 3 N–H and O–H groups in total. The summed E-state index contributed by atoms with van der Waals surface area (Å²) in [6, 6.07) is 1.09. The van der Waals surface area contributed by atoms with Crippen molar-refractivity contribution < 1.29 is 23.4 Å². The molecule has 0 amide bonds. The minimum absolute atomic E-state index is 0.0718. The number of sulfonamides is 1. The molecule has 0 aromatic carbocycles. The van der Waals surface area contributed by atoms with E-state index < -0.39 is 22.1 Å². The molecule has 0 aliphatic rings. The van der Waals surface area contributed by atoms with Gasteiger partial charge in [0.2, 0.25) is 10.0 Å². The lowest BCUT2D eigenvalue weighted by atomic mass is 9.89. The highest BCUT2D eigenvalue weighted by Gasteiger charge is 2.24. The normalized spacial score (nSPS) is 14.1. The van der Waals surface area contributed by atoms with Crippen molar-refractivity contribution in [2.75, 3.05) is 6.54 Å². The molecule has 1 rings (SSSR count). The molecular formula is C12H18BrNO5S2. The van der Waals surface area contributed by atoms with Crippen LogP contribution in [0.5, 0.6) is 0 Å². The molecule has 1 aromatic heterocycles. The Balaban J connectivity index is 2.81. The molecule has 1 unspecified atom stereocenters. The lowest BCUT2D eigenvalue weighted by Gasteiger charge is -2.22. The van der Waals surface area contributed by atoms with Gasteiger partial charge in [0, 0.05) is 6.54 Å². The van der Waals surface area contributed by atoms with Crippen LogP contribution < -0.4 is 4.72 Å². The molecule has 0 aliphatic carbocycles. The van der Waals surface area contributed by atoms with Crippen molar-refractivity contribution >= 4 is 43.3 Å². The fraction of sp³-hybridized carbons (Fsp3) is 0.583. The molecule has 1 aromatic rings. The van der Waals surface area contributed by atoms with Gasteiger partial charge in [0.15, 0.2) is 0 Å². The summed E-state index contributed by atoms with van der Waals surface area (Å²) in [5.74, 6) is -1.19. The lowest BCUT2D eigenvalue weighted by molar-refractivity contribution is 0.0702. The predicted octanol–water partition coefficient (Wildman–Crippen LogP) is 2.28. The molecule has 0 saturated heterocycles. The number of hydrogen-bond donors (Lipinski definition) is 3. The molecule has 0 saturated carbocycles. The topological polar surface area (TPSA) is 104 Å². The summed E-state index contributed by atoms with van der Waals surface area (Å²) >= 11 is 3.88. The van der Waals surface area contributed by atoms with E-state index in [4.69, 9.17) is 5.11 Å². The first kappa shape index (κ1) is 18.6. The summed E-state index contributed by atoms with van der Waals surface area (Å²) < 4.78 is 26.8. The van der Waals surface area contributed by atoms with E-state index in [0.29, 0.717) is 6.42 Å². The van der Waals surface area contributed by atoms with Crippen LogP contribution in [0.25, 0.3) is 0 Å². The SMILES string of the molecule is CC(C)(C)CC(O)CNS(=O)(=O)c1cc(C(=O)O)sc1Br. The number of carbonyl (C=O) groups is 1. The maximum atomic E-state index is 12.1. The first-order chi connectivity index (χ1) is 9.42. The summed E-state index contributed by atoms with van der Waals surface area (Å²) in [6.07, 6.45) is -0.364. The van der Waals surface area contributed by atoms with Crippen LogP contribution >= 0.6 is 27.3 Å². The van der Waals surface area contributed by atoms with Gasteiger partial charge in [-0.05, 0) is 33.8 Å². The molecule has 9 heteroatoms. The Kier molecular flexibility index (Phi) is 5.96. The predicted molar refractivity (Wildman–Crippen MR) is 84.2 cm³/mol. The lowest BCUT2D eigenvalue weighted by Crippen LogP contribution is -2.34. The van der Waals surface area contributed by atoms with Crippen molar-refractivity contribution in [3.05, 3.63) is 14.7 Å². The standard InChI is InChI=1S/C12H18BrNO5S2/c1-12(2,3)5-7(15)6-14-21(18,19)9-4-8(11(16)17)20-10(9)13/h4,7,14-15H,5-6H2,1-3H3,(H,16,17). The molecule has 1 heterocycles. The molecule has 21 heavy (non-hydrogen) atoms. The molecule has 0 aliphatic heterocycles. The van der Waals surface area contributed by atoms with Crippen molar-refractivity contribution in [3.8, 4) is 0 Å². The van der Waals surface area contributed by atoms with Gasteiger partial charge >= 0.3 is 5.97 Å². The van der Waals surface area contributed by atoms with E-state index in [9.17, 15) is 18.3 Å². The van der Waals surface area contributed by atoms with Crippen molar-refractivity contribution in [1.82, 2.24) is 4.72 Å². The van der Waals surface area contributed by atoms with E-state index in [0.717, 1.165) is 17.4 Å². The van der Waals surface area contributed by atoms with E-state index in [-0.39, 0.29) is 25.5 Å². The third-order valence-electron chi connectivity index (χ3n) is 2.51. The second-order valence-corrected chi connectivity index (χ2v) is 9.93. The molecule has 6 nitrogen and oxygen atoms in total. The third kappa shape index (κ3) is 5.67. The highest BCUT2D eigenvalue weighted by atomic mass is 79.9. The van der Waals surface area contributed by atoms with Gasteiger partial charge in [0.25, 0.3) is 0 Å². The average Bonchev–Trinajstić information content (AvgIpc) is 2.67. The number of halogens is 1. The van der Waals surface area contributed by atoms with Crippen molar-refractivity contribution in [3.63, 3.8) is 0 Å². The maximum Gasteiger partial charge on any atom is 0.345 e. The number of thiophene rings is 1. The Labute approximate surface area is 136 Å². The number of carboxylic acids is 1. The van der Waals surface area contributed by atoms with Crippen LogP contribution in [-0.2, 0) is 10.0 Å². The quantitative estimate of drug-likeness (QED) is 0.680. The van der Waals surface area contributed by atoms with Crippen molar-refractivity contribution in [2.45, 2.75) is 38.2 Å². The second-order valence-electron chi connectivity index (χ2n) is 5.82. The summed E-state index contributed by atoms with van der Waals surface area (Å²) in [7, 11) is -3.86. The van der Waals surface area contributed by atoms with Gasteiger partial charge in [-0.25, -0.2) is 17.9 Å². The van der Waals surface area contributed by atoms with Crippen LogP contribution in [0.2, 0.25) is 0 Å². The molecule has 120 valence electrons. The van der Waals surface area contributed by atoms with Crippen LogP contribution in [0, 0.1) is 5.41 Å². The number of rotatable bonds is 6. The number of aliphatic hydroxyl groups is 1. The van der Waals surface area contributed by atoms with E-state index in [2.05, 4.69) is 20.7 Å². The highest BCUT2D eigenvalue weighted by molar-refractivity contribution is 9.11. The Bertz CT molecular complexity index is 618. The fourth-order valence-corrected chi connectivity index (χ4v) is 5.18. The Hall–Kier alpha value is -0.480. The number of hydrogen-bond acceptors (Lipinski definition) is 5. The van der Waals surface area contributed by atoms with E-state index in [1.54, 1.807) is 0 Å². The minimum atomic E-state index is -3.86. The van der Waals surface area contributed by atoms with Gasteiger partial charge in [-0.1, -0.05) is 20.8 Å². The zero-order valence-electron chi connectivity index (χ0n) is 11.9. The Morgan fingerprint density at radius 3 is 2.48 bits per heavy atom. The summed E-state index contributed by atoms with van der Waals surface area (Å²) in [6.45, 7) is 5.71. The van der Waals surface area contributed by atoms with Crippen LogP contribution in [0.3, 0.4) is 0 Å². The summed E-state index contributed by atoms with van der Waals surface area (Å²) in [5, 5.41) is 18.7. The average molecular weight is 400 g/mol. The molecule has 0 fully saturated rings. The first-order valence-corrected chi connectivity index (χ1v) is 9.22. The molecule has 0 bridgehead atoms. The monoisotopic (exact) mass is 399 g/mol. The Morgan fingerprint density at radius 1 is 1.48 bits per heavy atom. The zero-order valence-corrected chi connectivity index (χ0v) is 15.1. The second kappa shape index (κ2) is 6.74. The summed E-state index contributed by atoms with van der Waals surface area (Å²) in [4.78, 5) is 10.6. The van der Waals surface area contributed by atoms with Crippen molar-refractivity contribution in [1.29, 1.82) is 0 Å². The third-order valence-corrected chi connectivity index (χ3v) is 6.18. The maximum absolute atomic E-state index is 12.1. The number of nitrogens with one attached hydrogen (secondary N) is 1. The fourth-order valence-electron chi connectivity index (χ4n) is 1.70. The molecule has 0 radical (unpaired) electrons. The molecule has 0 spiro atoms. The first-order valence-electron chi connectivity index (χ1n) is 6.13. The smallest absolute Gasteiger partial charge is 0.345 e. The van der Waals surface area contributed by atoms with E-state index in [1.165, 1.54) is 0 Å². The van der Waals surface area contributed by atoms with Crippen LogP contribution in [0.1, 0.15) is 36.9 Å². The molecular weight excluding hydrogens is 382 g/mol. The van der Waals surface area contributed by atoms with Gasteiger partial charge < -0.3 is 10.2 Å². The van der Waals surface area contributed by atoms with Gasteiger partial charge in [0.05, 0.1) is 9.89 Å². The van der Waals surface area contributed by atoms with Gasteiger partial charge in [-0.3, -0.25) is 0 Å². The zero-order chi connectivity index (χ0) is 16.4. The minimum Gasteiger partial charge on any atom is -0.477 e. The summed E-state index contributed by atoms with van der Waals surface area (Å²) in [5.41, 5.74) is -0.121. The Morgan fingerprint density at radius 2 is 2.05 bits per heavy atom. The molecule has 1 atom stereocenters. The number of aliphatic hydroxyl groups excluding tert-OH is 1. The van der Waals surface area contributed by atoms with Gasteiger partial charge in [-0.2, -0.15) is 0 Å².